The molecule has 0 aromatic heterocycles. The molecule has 96 valence electrons. The van der Waals surface area contributed by atoms with Crippen LogP contribution in [0.1, 0.15) is 39.3 Å². The Balaban J connectivity index is 2.97. The number of nitrogens with two attached hydrogens (primary N) is 1. The molecule has 0 bridgehead atoms. The molecule has 1 aromatic carbocycles. The zero-order chi connectivity index (χ0) is 13.2. The molecule has 0 aliphatic carbocycles. The monoisotopic (exact) mass is 298 g/mol. The van der Waals surface area contributed by atoms with E-state index < -0.39 is 0 Å². The van der Waals surface area contributed by atoms with E-state index in [-0.39, 0.29) is 6.04 Å². The summed E-state index contributed by atoms with van der Waals surface area (Å²) in [5, 5.41) is 0. The highest BCUT2D eigenvalue weighted by Crippen LogP contribution is 2.28. The highest BCUT2D eigenvalue weighted by atomic mass is 79.9. The van der Waals surface area contributed by atoms with Gasteiger partial charge in [-0.25, -0.2) is 0 Å². The minimum Gasteiger partial charge on any atom is -0.372 e. The lowest BCUT2D eigenvalue weighted by atomic mass is 10.0. The second-order valence-electron chi connectivity index (χ2n) is 5.09. The second-order valence-corrected chi connectivity index (χ2v) is 5.94. The van der Waals surface area contributed by atoms with Gasteiger partial charge in [-0.2, -0.15) is 0 Å². The van der Waals surface area contributed by atoms with E-state index in [0.717, 1.165) is 10.0 Å². The summed E-state index contributed by atoms with van der Waals surface area (Å²) in [6.45, 7) is 8.73. The summed E-state index contributed by atoms with van der Waals surface area (Å²) in [7, 11) is 2.14. The predicted molar refractivity (Wildman–Crippen MR) is 79.4 cm³/mol. The van der Waals surface area contributed by atoms with Crippen LogP contribution in [-0.4, -0.2) is 13.1 Å². The zero-order valence-electron chi connectivity index (χ0n) is 11.4. The van der Waals surface area contributed by atoms with Gasteiger partial charge in [0.2, 0.25) is 0 Å². The first-order valence-corrected chi connectivity index (χ1v) is 6.91. The van der Waals surface area contributed by atoms with Crippen LogP contribution in [-0.2, 0) is 0 Å². The fourth-order valence-corrected chi connectivity index (χ4v) is 2.51. The van der Waals surface area contributed by atoms with Gasteiger partial charge in [0.15, 0.2) is 0 Å². The van der Waals surface area contributed by atoms with E-state index in [1.165, 1.54) is 5.69 Å². The first kappa shape index (κ1) is 14.5. The van der Waals surface area contributed by atoms with Crippen LogP contribution in [0.3, 0.4) is 0 Å². The SMILES string of the molecule is CC(N)c1ccc(N(C)C(C)C(C)C)cc1Br. The molecule has 0 heterocycles. The van der Waals surface area contributed by atoms with E-state index in [2.05, 4.69) is 66.8 Å². The van der Waals surface area contributed by atoms with E-state index in [4.69, 9.17) is 5.73 Å². The normalized spacial score (nSPS) is 14.8. The molecule has 0 saturated carbocycles. The van der Waals surface area contributed by atoms with Gasteiger partial charge in [0, 0.05) is 29.3 Å². The van der Waals surface area contributed by atoms with Gasteiger partial charge in [0.25, 0.3) is 0 Å². The molecule has 1 rings (SSSR count). The average Bonchev–Trinajstić information content (AvgIpc) is 2.26. The molecule has 0 amide bonds. The van der Waals surface area contributed by atoms with Gasteiger partial charge in [-0.15, -0.1) is 0 Å². The molecular formula is C14H23BrN2. The van der Waals surface area contributed by atoms with Gasteiger partial charge in [-0.3, -0.25) is 0 Å². The molecule has 0 saturated heterocycles. The first-order valence-electron chi connectivity index (χ1n) is 6.12. The smallest absolute Gasteiger partial charge is 0.0377 e. The Morgan fingerprint density at radius 2 is 1.76 bits per heavy atom. The Bertz CT molecular complexity index is 374. The third-order valence-corrected chi connectivity index (χ3v) is 4.14. The minimum absolute atomic E-state index is 0.0613. The highest BCUT2D eigenvalue weighted by Gasteiger charge is 2.15. The maximum absolute atomic E-state index is 5.91. The van der Waals surface area contributed by atoms with Crippen LogP contribution >= 0.6 is 15.9 Å². The summed E-state index contributed by atoms with van der Waals surface area (Å²) in [5.41, 5.74) is 8.28. The first-order chi connectivity index (χ1) is 7.84. The molecule has 17 heavy (non-hydrogen) atoms. The minimum atomic E-state index is 0.0613. The largest absolute Gasteiger partial charge is 0.372 e. The van der Waals surface area contributed by atoms with Gasteiger partial charge in [-0.1, -0.05) is 35.8 Å². The van der Waals surface area contributed by atoms with E-state index in [1.807, 2.05) is 6.92 Å². The van der Waals surface area contributed by atoms with Crippen molar-refractivity contribution in [2.24, 2.45) is 11.7 Å². The van der Waals surface area contributed by atoms with Crippen molar-refractivity contribution in [2.45, 2.75) is 39.8 Å². The lowest BCUT2D eigenvalue weighted by Gasteiger charge is -2.30. The molecule has 2 atom stereocenters. The molecular weight excluding hydrogens is 276 g/mol. The van der Waals surface area contributed by atoms with Gasteiger partial charge in [0.05, 0.1) is 0 Å². The van der Waals surface area contributed by atoms with Crippen molar-refractivity contribution in [1.29, 1.82) is 0 Å². The lowest BCUT2D eigenvalue weighted by molar-refractivity contribution is 0.505. The molecule has 2 unspecified atom stereocenters. The van der Waals surface area contributed by atoms with Gasteiger partial charge >= 0.3 is 0 Å². The average molecular weight is 299 g/mol. The van der Waals surface area contributed by atoms with Crippen LogP contribution in [0, 0.1) is 5.92 Å². The summed E-state index contributed by atoms with van der Waals surface area (Å²) < 4.78 is 1.09. The summed E-state index contributed by atoms with van der Waals surface area (Å²) >= 11 is 3.60. The Kier molecular flexibility index (Phi) is 5.02. The Labute approximate surface area is 113 Å². The van der Waals surface area contributed by atoms with Crippen LogP contribution in [0.15, 0.2) is 22.7 Å². The Hall–Kier alpha value is -0.540. The number of rotatable bonds is 4. The molecule has 2 N–H and O–H groups in total. The van der Waals surface area contributed by atoms with Crippen molar-refractivity contribution >= 4 is 21.6 Å². The van der Waals surface area contributed by atoms with Crippen molar-refractivity contribution in [3.05, 3.63) is 28.2 Å². The maximum Gasteiger partial charge on any atom is 0.0377 e. The highest BCUT2D eigenvalue weighted by molar-refractivity contribution is 9.10. The number of benzene rings is 1. The molecule has 0 spiro atoms. The van der Waals surface area contributed by atoms with Crippen molar-refractivity contribution in [3.8, 4) is 0 Å². The van der Waals surface area contributed by atoms with Crippen LogP contribution in [0.5, 0.6) is 0 Å². The predicted octanol–water partition coefficient (Wildman–Crippen LogP) is 3.95. The lowest BCUT2D eigenvalue weighted by Crippen LogP contribution is -2.33. The third-order valence-electron chi connectivity index (χ3n) is 3.46. The van der Waals surface area contributed by atoms with Crippen LogP contribution in [0.4, 0.5) is 5.69 Å². The molecule has 0 fully saturated rings. The topological polar surface area (TPSA) is 29.3 Å². The van der Waals surface area contributed by atoms with Crippen molar-refractivity contribution in [1.82, 2.24) is 0 Å². The fraction of sp³-hybridized carbons (Fsp3) is 0.571. The van der Waals surface area contributed by atoms with Crippen LogP contribution < -0.4 is 10.6 Å². The van der Waals surface area contributed by atoms with E-state index >= 15 is 0 Å². The summed E-state index contributed by atoms with van der Waals surface area (Å²) in [4.78, 5) is 2.31. The van der Waals surface area contributed by atoms with E-state index in [9.17, 15) is 0 Å². The maximum atomic E-state index is 5.91. The summed E-state index contributed by atoms with van der Waals surface area (Å²) in [5.74, 6) is 0.631. The van der Waals surface area contributed by atoms with Gasteiger partial charge < -0.3 is 10.6 Å². The van der Waals surface area contributed by atoms with Crippen LogP contribution in [0.25, 0.3) is 0 Å². The summed E-state index contributed by atoms with van der Waals surface area (Å²) in [6.07, 6.45) is 0. The van der Waals surface area contributed by atoms with Crippen LogP contribution in [0.2, 0.25) is 0 Å². The number of halogens is 1. The molecule has 0 radical (unpaired) electrons. The van der Waals surface area contributed by atoms with Crippen molar-refractivity contribution in [3.63, 3.8) is 0 Å². The van der Waals surface area contributed by atoms with E-state index in [1.54, 1.807) is 0 Å². The second kappa shape index (κ2) is 5.87. The molecule has 2 nitrogen and oxygen atoms in total. The Morgan fingerprint density at radius 3 is 2.18 bits per heavy atom. The van der Waals surface area contributed by atoms with E-state index in [0.29, 0.717) is 12.0 Å². The molecule has 1 aromatic rings. The molecule has 0 aliphatic heterocycles. The van der Waals surface area contributed by atoms with Gasteiger partial charge in [-0.05, 0) is 37.5 Å². The van der Waals surface area contributed by atoms with Crippen molar-refractivity contribution < 1.29 is 0 Å². The fourth-order valence-electron chi connectivity index (χ4n) is 1.79. The Morgan fingerprint density at radius 1 is 1.18 bits per heavy atom. The zero-order valence-corrected chi connectivity index (χ0v) is 13.0. The number of anilines is 1. The number of hydrogen-bond donors (Lipinski definition) is 1. The van der Waals surface area contributed by atoms with Crippen molar-refractivity contribution in [2.75, 3.05) is 11.9 Å². The number of nitrogens with zero attached hydrogens (tertiary/aromatic N) is 1. The standard InChI is InChI=1S/C14H23BrN2/c1-9(2)11(4)17(5)12-6-7-13(10(3)16)14(15)8-12/h6-11H,16H2,1-5H3. The molecule has 3 heteroatoms. The third kappa shape index (κ3) is 3.46. The quantitative estimate of drug-likeness (QED) is 0.912. The summed E-state index contributed by atoms with van der Waals surface area (Å²) in [6, 6.07) is 6.97. The number of hydrogen-bond acceptors (Lipinski definition) is 2. The molecule has 0 aliphatic rings. The van der Waals surface area contributed by atoms with Gasteiger partial charge in [0.1, 0.15) is 0 Å².